The monoisotopic (exact) mass is 492 g/mol. The quantitative estimate of drug-likeness (QED) is 0.237. The third-order valence-electron chi connectivity index (χ3n) is 5.86. The van der Waals surface area contributed by atoms with Crippen molar-refractivity contribution in [2.45, 2.75) is 32.1 Å². The molecule has 0 saturated heterocycles. The number of rotatable bonds is 6. The van der Waals surface area contributed by atoms with Crippen LogP contribution in [0.5, 0.6) is 0 Å². The molecular formula is C33H26Cl2. The topological polar surface area (TPSA) is 0 Å². The number of aryl methyl sites for hydroxylation is 2. The second-order valence-corrected chi connectivity index (χ2v) is 9.12. The van der Waals surface area contributed by atoms with E-state index in [1.807, 2.05) is 60.7 Å². The molecule has 35 heavy (non-hydrogen) atoms. The predicted octanol–water partition coefficient (Wildman–Crippen LogP) is 8.36. The molecule has 0 aliphatic carbocycles. The van der Waals surface area contributed by atoms with Crippen LogP contribution in [-0.2, 0) is 25.7 Å². The van der Waals surface area contributed by atoms with Gasteiger partial charge in [0, 0.05) is 29.0 Å². The van der Waals surface area contributed by atoms with Crippen molar-refractivity contribution in [1.29, 1.82) is 0 Å². The zero-order chi connectivity index (χ0) is 24.3. The Hall–Kier alpha value is -3.42. The highest BCUT2D eigenvalue weighted by Crippen LogP contribution is 2.26. The molecule has 4 aromatic carbocycles. The highest BCUT2D eigenvalue weighted by molar-refractivity contribution is 6.32. The van der Waals surface area contributed by atoms with Crippen molar-refractivity contribution in [2.24, 2.45) is 0 Å². The van der Waals surface area contributed by atoms with Crippen LogP contribution in [0.15, 0.2) is 97.1 Å². The summed E-state index contributed by atoms with van der Waals surface area (Å²) in [6.45, 7) is 0. The fourth-order valence-corrected chi connectivity index (χ4v) is 4.46. The van der Waals surface area contributed by atoms with E-state index in [4.69, 9.17) is 23.2 Å². The van der Waals surface area contributed by atoms with Gasteiger partial charge in [-0.3, -0.25) is 0 Å². The van der Waals surface area contributed by atoms with E-state index in [-0.39, 0.29) is 0 Å². The van der Waals surface area contributed by atoms with Crippen LogP contribution in [0.4, 0.5) is 0 Å². The van der Waals surface area contributed by atoms with Gasteiger partial charge in [-0.05, 0) is 71.8 Å². The van der Waals surface area contributed by atoms with Crippen molar-refractivity contribution in [2.75, 3.05) is 0 Å². The van der Waals surface area contributed by atoms with E-state index in [0.29, 0.717) is 17.9 Å². The molecule has 2 heteroatoms. The molecular weight excluding hydrogens is 467 g/mol. The van der Waals surface area contributed by atoms with E-state index in [1.54, 1.807) is 0 Å². The molecule has 0 spiro atoms. The van der Waals surface area contributed by atoms with E-state index in [9.17, 15) is 0 Å². The first-order chi connectivity index (χ1) is 17.2. The normalized spacial score (nSPS) is 10.1. The van der Waals surface area contributed by atoms with Gasteiger partial charge in [-0.25, -0.2) is 0 Å². The van der Waals surface area contributed by atoms with Gasteiger partial charge in [0.25, 0.3) is 0 Å². The molecule has 0 aliphatic heterocycles. The summed E-state index contributed by atoms with van der Waals surface area (Å²) >= 11 is 13.0. The molecule has 172 valence electrons. The Morgan fingerprint density at radius 1 is 0.543 bits per heavy atom. The first-order valence-corrected chi connectivity index (χ1v) is 12.6. The van der Waals surface area contributed by atoms with Crippen molar-refractivity contribution < 1.29 is 0 Å². The molecule has 0 radical (unpaired) electrons. The van der Waals surface area contributed by atoms with Gasteiger partial charge in [0.2, 0.25) is 0 Å². The third kappa shape index (κ3) is 7.28. The molecule has 4 aromatic rings. The third-order valence-corrected chi connectivity index (χ3v) is 6.54. The largest absolute Gasteiger partial charge is 0.0930 e. The van der Waals surface area contributed by atoms with Crippen molar-refractivity contribution >= 4 is 23.2 Å². The fourth-order valence-electron chi connectivity index (χ4n) is 4.03. The summed E-state index contributed by atoms with van der Waals surface area (Å²) in [5.74, 6) is 13.2. The molecule has 0 heterocycles. The van der Waals surface area contributed by atoms with Crippen LogP contribution in [0.25, 0.3) is 0 Å². The van der Waals surface area contributed by atoms with Crippen LogP contribution >= 0.6 is 23.2 Å². The molecule has 0 aromatic heterocycles. The number of hydrogen-bond donors (Lipinski definition) is 0. The summed E-state index contributed by atoms with van der Waals surface area (Å²) in [6, 6.07) is 32.5. The smallest absolute Gasteiger partial charge is 0.0562 e. The Morgan fingerprint density at radius 3 is 1.97 bits per heavy atom. The van der Waals surface area contributed by atoms with Crippen molar-refractivity contribution in [1.82, 2.24) is 0 Å². The second-order valence-electron chi connectivity index (χ2n) is 8.31. The summed E-state index contributed by atoms with van der Waals surface area (Å²) < 4.78 is 0. The second kappa shape index (κ2) is 12.9. The lowest BCUT2D eigenvalue weighted by Gasteiger charge is -2.14. The van der Waals surface area contributed by atoms with Gasteiger partial charge in [-0.1, -0.05) is 114 Å². The lowest BCUT2D eigenvalue weighted by molar-refractivity contribution is 0.812. The SMILES string of the molecule is Clc1ccccc1C#CCc1c(CCCc2ccccc2)ccc(Cl)c1CC#Cc1ccccc1. The Kier molecular flexibility index (Phi) is 9.09. The molecule has 4 rings (SSSR count). The van der Waals surface area contributed by atoms with Gasteiger partial charge in [-0.15, -0.1) is 0 Å². The minimum absolute atomic E-state index is 0.587. The lowest BCUT2D eigenvalue weighted by Crippen LogP contribution is -2.02. The van der Waals surface area contributed by atoms with Gasteiger partial charge >= 0.3 is 0 Å². The first-order valence-electron chi connectivity index (χ1n) is 11.8. The van der Waals surface area contributed by atoms with Crippen molar-refractivity contribution in [3.63, 3.8) is 0 Å². The summed E-state index contributed by atoms with van der Waals surface area (Å²) in [5, 5.41) is 1.41. The predicted molar refractivity (Wildman–Crippen MR) is 149 cm³/mol. The summed E-state index contributed by atoms with van der Waals surface area (Å²) in [5.41, 5.74) is 6.74. The number of halogens is 2. The van der Waals surface area contributed by atoms with Crippen LogP contribution < -0.4 is 0 Å². The van der Waals surface area contributed by atoms with Crippen LogP contribution in [0.2, 0.25) is 10.0 Å². The Balaban J connectivity index is 1.60. The molecule has 0 fully saturated rings. The van der Waals surface area contributed by atoms with Crippen LogP contribution in [0, 0.1) is 23.7 Å². The van der Waals surface area contributed by atoms with E-state index in [2.05, 4.69) is 60.1 Å². The molecule has 0 saturated carbocycles. The number of benzene rings is 4. The fraction of sp³-hybridized carbons (Fsp3) is 0.152. The maximum Gasteiger partial charge on any atom is 0.0562 e. The summed E-state index contributed by atoms with van der Waals surface area (Å²) in [4.78, 5) is 0. The molecule has 0 unspecified atom stereocenters. The average molecular weight is 493 g/mol. The van der Waals surface area contributed by atoms with Crippen LogP contribution in [0.1, 0.15) is 39.8 Å². The maximum absolute atomic E-state index is 6.70. The van der Waals surface area contributed by atoms with Gasteiger partial charge in [0.15, 0.2) is 0 Å². The molecule has 0 nitrogen and oxygen atoms in total. The zero-order valence-electron chi connectivity index (χ0n) is 19.5. The van der Waals surface area contributed by atoms with E-state index in [0.717, 1.165) is 41.0 Å². The Labute approximate surface area is 218 Å². The van der Waals surface area contributed by atoms with Crippen molar-refractivity contribution in [3.8, 4) is 23.7 Å². The molecule has 0 N–H and O–H groups in total. The van der Waals surface area contributed by atoms with Crippen LogP contribution in [-0.4, -0.2) is 0 Å². The van der Waals surface area contributed by atoms with Crippen molar-refractivity contribution in [3.05, 3.63) is 140 Å². The first kappa shape index (κ1) is 24.7. The molecule has 0 amide bonds. The van der Waals surface area contributed by atoms with Gasteiger partial charge in [-0.2, -0.15) is 0 Å². The lowest BCUT2D eigenvalue weighted by atomic mass is 9.92. The van der Waals surface area contributed by atoms with E-state index in [1.165, 1.54) is 16.7 Å². The van der Waals surface area contributed by atoms with E-state index < -0.39 is 0 Å². The van der Waals surface area contributed by atoms with Gasteiger partial charge in [0.1, 0.15) is 0 Å². The molecule has 0 aliphatic rings. The van der Waals surface area contributed by atoms with Gasteiger partial charge in [0.05, 0.1) is 5.02 Å². The minimum atomic E-state index is 0.587. The van der Waals surface area contributed by atoms with E-state index >= 15 is 0 Å². The molecule has 0 bridgehead atoms. The average Bonchev–Trinajstić information content (AvgIpc) is 2.89. The standard InChI is InChI=1S/C33H26Cl2/c34-32-23-8-7-18-29(32)20-11-21-30-28(19-9-16-26-12-3-1-4-13-26)24-25-33(35)31(30)22-10-17-27-14-5-2-6-15-27/h1-8,12-15,18,23-25H,9,16,19,21-22H2. The summed E-state index contributed by atoms with van der Waals surface area (Å²) in [6.07, 6.45) is 4.26. The van der Waals surface area contributed by atoms with Crippen LogP contribution in [0.3, 0.4) is 0 Å². The molecule has 0 atom stereocenters. The number of hydrogen-bond acceptors (Lipinski definition) is 0. The minimum Gasteiger partial charge on any atom is -0.0930 e. The zero-order valence-corrected chi connectivity index (χ0v) is 21.0. The Bertz CT molecular complexity index is 1380. The summed E-state index contributed by atoms with van der Waals surface area (Å²) in [7, 11) is 0. The van der Waals surface area contributed by atoms with Gasteiger partial charge < -0.3 is 0 Å². The maximum atomic E-state index is 6.70. The Morgan fingerprint density at radius 2 is 1.20 bits per heavy atom. The highest BCUT2D eigenvalue weighted by atomic mass is 35.5. The highest BCUT2D eigenvalue weighted by Gasteiger charge is 2.11.